The summed E-state index contributed by atoms with van der Waals surface area (Å²) in [5.74, 6) is 0.759. The van der Waals surface area contributed by atoms with Crippen molar-refractivity contribution in [2.45, 2.75) is 0 Å². The summed E-state index contributed by atoms with van der Waals surface area (Å²) in [6.07, 6.45) is 0. The van der Waals surface area contributed by atoms with E-state index < -0.39 is 12.1 Å². The van der Waals surface area contributed by atoms with E-state index >= 15 is 0 Å². The summed E-state index contributed by atoms with van der Waals surface area (Å²) in [6.45, 7) is 0. The average Bonchev–Trinajstić information content (AvgIpc) is 3.75. The van der Waals surface area contributed by atoms with E-state index in [0.29, 0.717) is 22.8 Å². The molecule has 48 heavy (non-hydrogen) atoms. The number of fused-ring (bicyclic) bond motifs is 7. The number of rotatable bonds is 4. The van der Waals surface area contributed by atoms with Crippen molar-refractivity contribution in [3.63, 3.8) is 0 Å². The highest BCUT2D eigenvalue weighted by Gasteiger charge is 2.23. The smallest absolute Gasteiger partial charge is 0.167 e. The molecule has 0 aliphatic rings. The molecular formula is C43H26N4O. The molecule has 0 aliphatic carbocycles. The molecule has 3 heterocycles. The number of nitrogens with zero attached hydrogens (tertiary/aromatic N) is 4. The monoisotopic (exact) mass is 620 g/mol. The number of hydrogen-bond donors (Lipinski definition) is 0. The van der Waals surface area contributed by atoms with Gasteiger partial charge in [-0.15, -0.1) is 0 Å². The molecule has 5 nitrogen and oxygen atoms in total. The lowest BCUT2D eigenvalue weighted by Gasteiger charge is -2.13. The van der Waals surface area contributed by atoms with E-state index in [-0.39, 0.29) is 63.2 Å². The predicted octanol–water partition coefficient (Wildman–Crippen LogP) is 11.0. The quantitative estimate of drug-likeness (QED) is 0.196. The lowest BCUT2D eigenvalue weighted by atomic mass is 10.0. The van der Waals surface area contributed by atoms with Crippen LogP contribution in [0.25, 0.3) is 94.4 Å². The maximum atomic E-state index is 9.81. The summed E-state index contributed by atoms with van der Waals surface area (Å²) in [5, 5.41) is 4.24. The van der Waals surface area contributed by atoms with Gasteiger partial charge in [-0.3, -0.25) is 0 Å². The van der Waals surface area contributed by atoms with Gasteiger partial charge in [-0.1, -0.05) is 121 Å². The summed E-state index contributed by atoms with van der Waals surface area (Å²) in [7, 11) is 0. The van der Waals surface area contributed by atoms with Crippen molar-refractivity contribution < 1.29 is 12.6 Å². The topological polar surface area (TPSA) is 56.7 Å². The summed E-state index contributed by atoms with van der Waals surface area (Å²) >= 11 is 0. The van der Waals surface area contributed by atoms with Crippen LogP contribution in [0, 0.1) is 0 Å². The van der Waals surface area contributed by atoms with Crippen LogP contribution < -0.4 is 0 Å². The molecule has 0 saturated heterocycles. The average molecular weight is 621 g/mol. The van der Waals surface area contributed by atoms with Crippen molar-refractivity contribution >= 4 is 54.5 Å². The number of aromatic nitrogens is 4. The zero-order valence-electron chi connectivity index (χ0n) is 31.2. The first-order valence-electron chi connectivity index (χ1n) is 18.6. The largest absolute Gasteiger partial charge is 0.455 e. The van der Waals surface area contributed by atoms with Crippen molar-refractivity contribution in [3.8, 4) is 39.9 Å². The Morgan fingerprint density at radius 3 is 1.90 bits per heavy atom. The third kappa shape index (κ3) is 4.08. The maximum Gasteiger partial charge on any atom is 0.167 e. The summed E-state index contributed by atoms with van der Waals surface area (Å²) < 4.78 is 63.2. The van der Waals surface area contributed by atoms with Crippen LogP contribution in [0.5, 0.6) is 0 Å². The van der Waals surface area contributed by atoms with Crippen LogP contribution in [0.15, 0.2) is 162 Å². The first-order valence-corrected chi connectivity index (χ1v) is 15.6. The maximum absolute atomic E-state index is 9.81. The normalized spacial score (nSPS) is 13.5. The predicted molar refractivity (Wildman–Crippen MR) is 195 cm³/mol. The zero-order chi connectivity index (χ0) is 36.8. The minimum absolute atomic E-state index is 0.0697. The minimum Gasteiger partial charge on any atom is -0.455 e. The zero-order valence-corrected chi connectivity index (χ0v) is 25.2. The molecule has 0 atom stereocenters. The Bertz CT molecular complexity index is 3120. The van der Waals surface area contributed by atoms with Crippen LogP contribution in [0.1, 0.15) is 8.22 Å². The van der Waals surface area contributed by atoms with Gasteiger partial charge in [0.05, 0.1) is 35.9 Å². The van der Waals surface area contributed by atoms with E-state index in [0.717, 1.165) is 32.6 Å². The van der Waals surface area contributed by atoms with Gasteiger partial charge in [0.25, 0.3) is 0 Å². The van der Waals surface area contributed by atoms with Crippen molar-refractivity contribution in [3.05, 3.63) is 158 Å². The van der Waals surface area contributed by atoms with Gasteiger partial charge in [-0.2, -0.15) is 0 Å². The van der Waals surface area contributed by atoms with E-state index in [9.17, 15) is 2.74 Å². The molecular weight excluding hydrogens is 589 g/mol. The molecule has 0 radical (unpaired) electrons. The first-order chi connectivity index (χ1) is 26.3. The standard InChI is InChI=1S/C43H26N4O/c1-3-13-27(14-4-1)41-44-42(28-15-5-2-6-16-28)46-43(45-41)33-23-24-36(39-32-20-10-12-22-38(32)48-40(33)39)47-35-21-11-9-19-31(35)34-25-29-17-7-8-18-30(29)26-37(34)47/h1-26H/i10D,12D,20D,22D,23D,24D. The Morgan fingerprint density at radius 1 is 0.521 bits per heavy atom. The van der Waals surface area contributed by atoms with E-state index in [2.05, 4.69) is 12.1 Å². The SMILES string of the molecule is [2H]c1c([2H])c([2H])c2c(oc3c(-c4nc(-c5ccccc5)nc(-c5ccccc5)n4)c([2H])c([2H])c(-n4c5ccccc5c5cc6ccccc6cc54)c32)c1[2H]. The Hall–Kier alpha value is -6.59. The van der Waals surface area contributed by atoms with Gasteiger partial charge in [0.1, 0.15) is 11.2 Å². The van der Waals surface area contributed by atoms with Crippen LogP contribution in [0.4, 0.5) is 0 Å². The number of furan rings is 1. The number of benzene rings is 7. The van der Waals surface area contributed by atoms with Crippen molar-refractivity contribution in [2.24, 2.45) is 0 Å². The molecule has 10 aromatic rings. The molecule has 5 heteroatoms. The fraction of sp³-hybridized carbons (Fsp3) is 0. The molecule has 0 saturated carbocycles. The van der Waals surface area contributed by atoms with Crippen LogP contribution in [0.2, 0.25) is 0 Å². The molecule has 0 spiro atoms. The van der Waals surface area contributed by atoms with E-state index in [4.69, 9.17) is 24.9 Å². The molecule has 0 amide bonds. The molecule has 10 rings (SSSR count). The summed E-state index contributed by atoms with van der Waals surface area (Å²) in [5.41, 5.74) is 3.28. The summed E-state index contributed by atoms with van der Waals surface area (Å²) in [4.78, 5) is 14.5. The Labute approximate surface area is 283 Å². The van der Waals surface area contributed by atoms with Gasteiger partial charge < -0.3 is 8.98 Å². The molecule has 0 aliphatic heterocycles. The van der Waals surface area contributed by atoms with E-state index in [1.165, 1.54) is 0 Å². The summed E-state index contributed by atoms with van der Waals surface area (Å²) in [6, 6.07) is 36.8. The highest BCUT2D eigenvalue weighted by atomic mass is 16.3. The van der Waals surface area contributed by atoms with Gasteiger partial charge in [-0.25, -0.2) is 15.0 Å². The van der Waals surface area contributed by atoms with Crippen molar-refractivity contribution in [1.82, 2.24) is 19.5 Å². The van der Waals surface area contributed by atoms with Gasteiger partial charge in [0, 0.05) is 27.3 Å². The lowest BCUT2D eigenvalue weighted by Crippen LogP contribution is -2.01. The van der Waals surface area contributed by atoms with E-state index in [1.807, 2.05) is 114 Å². The van der Waals surface area contributed by atoms with Crippen LogP contribution in [0.3, 0.4) is 0 Å². The molecule has 224 valence electrons. The van der Waals surface area contributed by atoms with Gasteiger partial charge >= 0.3 is 0 Å². The highest BCUT2D eigenvalue weighted by Crippen LogP contribution is 2.42. The molecule has 0 bridgehead atoms. The Kier molecular flexibility index (Phi) is 4.64. The third-order valence-corrected chi connectivity index (χ3v) is 8.79. The second-order valence-electron chi connectivity index (χ2n) is 11.6. The van der Waals surface area contributed by atoms with Gasteiger partial charge in [0.2, 0.25) is 0 Å². The van der Waals surface area contributed by atoms with Crippen LogP contribution in [-0.4, -0.2) is 19.5 Å². The third-order valence-electron chi connectivity index (χ3n) is 8.79. The molecule has 0 unspecified atom stereocenters. The van der Waals surface area contributed by atoms with Crippen LogP contribution in [-0.2, 0) is 0 Å². The Morgan fingerprint density at radius 2 is 1.15 bits per heavy atom. The molecule has 3 aromatic heterocycles. The Balaban J connectivity index is 1.40. The van der Waals surface area contributed by atoms with Gasteiger partial charge in [0.15, 0.2) is 17.5 Å². The van der Waals surface area contributed by atoms with Crippen molar-refractivity contribution in [2.75, 3.05) is 0 Å². The fourth-order valence-electron chi connectivity index (χ4n) is 6.60. The number of para-hydroxylation sites is 2. The minimum atomic E-state index is -0.451. The number of hydrogen-bond acceptors (Lipinski definition) is 4. The van der Waals surface area contributed by atoms with Crippen molar-refractivity contribution in [1.29, 1.82) is 0 Å². The fourth-order valence-corrected chi connectivity index (χ4v) is 6.60. The van der Waals surface area contributed by atoms with Crippen LogP contribution >= 0.6 is 0 Å². The molecule has 0 fully saturated rings. The van der Waals surface area contributed by atoms with Gasteiger partial charge in [-0.05, 0) is 47.1 Å². The molecule has 7 aromatic carbocycles. The second-order valence-corrected chi connectivity index (χ2v) is 11.6. The molecule has 0 N–H and O–H groups in total. The second kappa shape index (κ2) is 10.5. The highest BCUT2D eigenvalue weighted by molar-refractivity contribution is 6.18. The first kappa shape index (κ1) is 21.3. The lowest BCUT2D eigenvalue weighted by molar-refractivity contribution is 0.669. The van der Waals surface area contributed by atoms with E-state index in [1.54, 1.807) is 0 Å².